The molecule has 133 heavy (non-hydrogen) atoms. The van der Waals surface area contributed by atoms with E-state index in [4.69, 9.17) is 0 Å². The van der Waals surface area contributed by atoms with Gasteiger partial charge in [-0.1, -0.05) is 197 Å². The van der Waals surface area contributed by atoms with Gasteiger partial charge in [-0.3, -0.25) is 38.4 Å². The molecule has 716 valence electrons. The zero-order valence-corrected chi connectivity index (χ0v) is 85.7. The number of nitrogens with zero attached hydrogens (tertiary/aromatic N) is 22. The second-order valence-corrected chi connectivity index (χ2v) is 35.7. The van der Waals surface area contributed by atoms with Gasteiger partial charge in [0.2, 0.25) is 0 Å². The molecule has 0 fully saturated rings. The van der Waals surface area contributed by atoms with Gasteiger partial charge in [-0.2, -0.15) is 5.10 Å². The minimum atomic E-state index is -0.00456. The van der Waals surface area contributed by atoms with Crippen molar-refractivity contribution in [3.05, 3.63) is 298 Å². The fourth-order valence-electron chi connectivity index (χ4n) is 10.8. The highest BCUT2D eigenvalue weighted by atomic mass is 16.1. The smallest absolute Gasteiger partial charge is 0.185 e. The van der Waals surface area contributed by atoms with E-state index in [1.807, 2.05) is 242 Å². The van der Waals surface area contributed by atoms with Gasteiger partial charge in [0.05, 0.1) is 43.4 Å². The first-order valence-electron chi connectivity index (χ1n) is 45.4. The highest BCUT2D eigenvalue weighted by Gasteiger charge is 2.19. The molecule has 0 spiro atoms. The summed E-state index contributed by atoms with van der Waals surface area (Å²) >= 11 is 0. The average Bonchev–Trinajstić information content (AvgIpc) is 1.71. The van der Waals surface area contributed by atoms with E-state index in [0.29, 0.717) is 69.7 Å². The number of hydrogen-bond donors (Lipinski definition) is 1. The third kappa shape index (κ3) is 46.0. The third-order valence-electron chi connectivity index (χ3n) is 18.4. The monoisotopic (exact) mass is 1820 g/mol. The van der Waals surface area contributed by atoms with Gasteiger partial charge >= 0.3 is 0 Å². The number of carbonyl (C=O) groups excluding carboxylic acids is 6. The summed E-state index contributed by atoms with van der Waals surface area (Å²) in [7, 11) is 5.47. The van der Waals surface area contributed by atoms with E-state index in [1.54, 1.807) is 95.6 Å². The molecule has 0 aliphatic heterocycles. The highest BCUT2D eigenvalue weighted by Crippen LogP contribution is 2.17. The van der Waals surface area contributed by atoms with Crippen molar-refractivity contribution < 1.29 is 28.8 Å². The van der Waals surface area contributed by atoms with Crippen molar-refractivity contribution >= 4 is 34.7 Å². The lowest BCUT2D eigenvalue weighted by Gasteiger charge is -2.04. The van der Waals surface area contributed by atoms with E-state index in [2.05, 4.69) is 190 Å². The van der Waals surface area contributed by atoms with Gasteiger partial charge in [0, 0.05) is 189 Å². The van der Waals surface area contributed by atoms with Crippen LogP contribution in [0.25, 0.3) is 0 Å². The van der Waals surface area contributed by atoms with Crippen LogP contribution in [-0.2, 0) is 27.7 Å². The Morgan fingerprint density at radius 2 is 0.714 bits per heavy atom. The summed E-state index contributed by atoms with van der Waals surface area (Å²) in [5, 5.41) is 4.11. The lowest BCUT2D eigenvalue weighted by molar-refractivity contribution is 0.0923. The zero-order chi connectivity index (χ0) is 100. The maximum absolute atomic E-state index is 11.7. The first-order chi connectivity index (χ1) is 62.4. The van der Waals surface area contributed by atoms with Crippen molar-refractivity contribution in [1.82, 2.24) is 113 Å². The summed E-state index contributed by atoms with van der Waals surface area (Å²) in [5.74, 6) is 9.05. The molecule has 1 N–H and O–H groups in total. The van der Waals surface area contributed by atoms with Crippen LogP contribution in [0.5, 0.6) is 0 Å². The van der Waals surface area contributed by atoms with Gasteiger partial charge in [0.25, 0.3) is 0 Å². The van der Waals surface area contributed by atoms with Gasteiger partial charge in [-0.05, 0) is 121 Å². The van der Waals surface area contributed by atoms with Crippen LogP contribution in [0.15, 0.2) is 179 Å². The number of aromatic nitrogens is 23. The maximum Gasteiger partial charge on any atom is 0.185 e. The molecule has 0 saturated heterocycles. The Morgan fingerprint density at radius 1 is 0.316 bits per heavy atom. The molecule has 13 aromatic rings. The maximum atomic E-state index is 11.7. The highest BCUT2D eigenvalue weighted by molar-refractivity contribution is 5.98. The lowest BCUT2D eigenvalue weighted by Crippen LogP contribution is -2.12. The van der Waals surface area contributed by atoms with Crippen molar-refractivity contribution in [2.75, 3.05) is 0 Å². The summed E-state index contributed by atoms with van der Waals surface area (Å²) in [4.78, 5) is 141. The van der Waals surface area contributed by atoms with Crippen molar-refractivity contribution in [1.29, 1.82) is 0 Å². The Labute approximate surface area is 791 Å². The first kappa shape index (κ1) is 116. The normalized spacial score (nSPS) is 10.5. The molecule has 0 bridgehead atoms. The minimum Gasteiger partial charge on any atom is -0.342 e. The van der Waals surface area contributed by atoms with Crippen molar-refractivity contribution in [3.63, 3.8) is 0 Å². The fraction of sp³-hybridized carbons (Fsp3) is 0.462. The molecule has 13 rings (SSSR count). The van der Waals surface area contributed by atoms with E-state index in [0.717, 1.165) is 86.8 Å². The Morgan fingerprint density at radius 3 is 1.07 bits per heavy atom. The molecule has 0 unspecified atom stereocenters. The zero-order valence-electron chi connectivity index (χ0n) is 85.7. The van der Waals surface area contributed by atoms with E-state index in [-0.39, 0.29) is 70.2 Å². The summed E-state index contributed by atoms with van der Waals surface area (Å²) in [6.45, 7) is 64.2. The van der Waals surface area contributed by atoms with Crippen LogP contribution in [0.1, 0.15) is 350 Å². The standard InChI is InChI=1S/C14H16N2O.C10H13NO.C9H14N2O.C9H14N2.2C8H12N2O.4C8H12N2.C7H10N2O.C7H10N2/c1-11(2)14(17)13-9-16(10-15-13)8-12-6-4-3-5-7-12;1-7(2)10(12)9-6-8(3)4-5-11-9;1-6(2)9(12)8-5-7(3)10-11(8)4;1-6(2)9-10-7(3)5-8(4)11-9;1-6(2)8(11)7-4-10(3)5-9-7;1-6(2)8(11)7-4-9-5-10(7)3;1-6(2)8-9-4-7(3)5-10-8;3*1-6(2)8-9-5-4-7(3)10-8;1-5(2)7(10)6-3-8-4-9-6;1-6(2)7-8-4-3-5-9-7/h3-7,9-11H,8H2,1-2H3;4-7H,1-3H3;5-6H,1-4H3;5-6H,1-4H3;2*4-6H,1-3H3;4*4-6H,1-3H3;3-5H,1-2H3,(H,8,9);3-6H,1-2H3. The van der Waals surface area contributed by atoms with Crippen LogP contribution in [0.2, 0.25) is 0 Å². The van der Waals surface area contributed by atoms with Crippen molar-refractivity contribution in [2.24, 2.45) is 56.7 Å². The summed E-state index contributed by atoms with van der Waals surface area (Å²) in [5.41, 5.74) is 13.2. The first-order valence-corrected chi connectivity index (χ1v) is 45.4. The number of ketones is 6. The minimum absolute atomic E-state index is 0.00456. The van der Waals surface area contributed by atoms with Gasteiger partial charge in [0.15, 0.2) is 34.7 Å². The second-order valence-electron chi connectivity index (χ2n) is 35.7. The Hall–Kier alpha value is -13.1. The predicted octanol–water partition coefficient (Wildman–Crippen LogP) is 21.8. The van der Waals surface area contributed by atoms with E-state index in [1.165, 1.54) is 11.9 Å². The van der Waals surface area contributed by atoms with Crippen LogP contribution in [-0.4, -0.2) is 148 Å². The van der Waals surface area contributed by atoms with Crippen LogP contribution < -0.4 is 0 Å². The molecule has 29 heteroatoms. The molecule has 0 amide bonds. The second kappa shape index (κ2) is 60.8. The average molecular weight is 1820 g/mol. The summed E-state index contributed by atoms with van der Waals surface area (Å²) in [6.07, 6.45) is 27.5. The summed E-state index contributed by atoms with van der Waals surface area (Å²) in [6, 6.07) is 25.2. The van der Waals surface area contributed by atoms with E-state index in [9.17, 15) is 28.8 Å². The molecule has 0 atom stereocenters. The lowest BCUT2D eigenvalue weighted by atomic mass is 10.1. The van der Waals surface area contributed by atoms with Crippen LogP contribution in [0, 0.1) is 90.9 Å². The number of H-pyrrole nitrogens is 1. The topological polar surface area (TPSA) is 370 Å². The number of carbonyl (C=O) groups is 6. The molecule has 1 aromatic carbocycles. The van der Waals surface area contributed by atoms with Gasteiger partial charge < -0.3 is 18.7 Å². The molecular weight excluding hydrogens is 1670 g/mol. The molecule has 0 saturated carbocycles. The van der Waals surface area contributed by atoms with Crippen molar-refractivity contribution in [2.45, 2.75) is 264 Å². The van der Waals surface area contributed by atoms with Gasteiger partial charge in [0.1, 0.15) is 69.1 Å². The Kier molecular flexibility index (Phi) is 53.0. The van der Waals surface area contributed by atoms with Crippen LogP contribution in [0.3, 0.4) is 0 Å². The van der Waals surface area contributed by atoms with Crippen molar-refractivity contribution in [3.8, 4) is 0 Å². The van der Waals surface area contributed by atoms with Crippen LogP contribution >= 0.6 is 0 Å². The quantitative estimate of drug-likeness (QED) is 0.0692. The fourth-order valence-corrected chi connectivity index (χ4v) is 10.8. The number of benzene rings is 1. The molecule has 29 nitrogen and oxygen atoms in total. The van der Waals surface area contributed by atoms with Gasteiger partial charge in [-0.25, -0.2) is 79.7 Å². The van der Waals surface area contributed by atoms with E-state index < -0.39 is 0 Å². The van der Waals surface area contributed by atoms with Crippen LogP contribution in [0.4, 0.5) is 0 Å². The largest absolute Gasteiger partial charge is 0.342 e. The Balaban J connectivity index is 0.000000493. The summed E-state index contributed by atoms with van der Waals surface area (Å²) < 4.78 is 7.08. The third-order valence-corrected chi connectivity index (χ3v) is 18.4. The molecule has 0 aliphatic rings. The number of aromatic amines is 1. The molecule has 0 aliphatic carbocycles. The molecule has 12 heterocycles. The number of imidazole rings is 4. The van der Waals surface area contributed by atoms with E-state index >= 15 is 0 Å². The molecule has 12 aromatic heterocycles. The molecular formula is C104H149N23O6. The number of nitrogens with one attached hydrogen (secondary N) is 1. The number of rotatable bonds is 20. The number of pyridine rings is 1. The predicted molar refractivity (Wildman–Crippen MR) is 530 cm³/mol. The van der Waals surface area contributed by atoms with Gasteiger partial charge in [-0.15, -0.1) is 0 Å². The number of aryl methyl sites for hydroxylation is 11. The SMILES string of the molecule is CC(C)C(=O)c1cn(C)cn1.CC(C)C(=O)c1cn(Cc2ccccc2)cn1.CC(C)C(=O)c1cnc[nH]1.CC(C)C(=O)c1cncn1C.CC(C)c1ncccn1.Cc1cc(C(=O)C(C)C)n(C)n1.Cc1cc(C)nc(C(C)C)n1.Cc1ccnc(C(=O)C(C)C)c1.Cc1ccnc(C(C)C)n1.Cc1ccnc(C(C)C)n1.Cc1ccnc(C(C)C)n1.Cc1cnc(C(C)C)nc1. The number of Topliss-reactive ketones (excluding diaryl/α,β-unsaturated/α-hetero) is 6. The molecule has 0 radical (unpaired) electrons. The Bertz CT molecular complexity index is 5390. The number of hydrogen-bond acceptors (Lipinski definition) is 24.